The Morgan fingerprint density at radius 3 is 2.52 bits per heavy atom. The number of halogens is 3. The second kappa shape index (κ2) is 7.71. The highest BCUT2D eigenvalue weighted by molar-refractivity contribution is 5.92. The zero-order chi connectivity index (χ0) is 21.7. The number of aromatic amines is 1. The van der Waals surface area contributed by atoms with Gasteiger partial charge in [-0.3, -0.25) is 4.79 Å². The average Bonchev–Trinajstić information content (AvgIpc) is 3.23. The predicted octanol–water partition coefficient (Wildman–Crippen LogP) is 4.57. The molecule has 2 aromatic carbocycles. The number of likely N-dealkylation sites (N-methyl/N-ethyl adjacent to an activating group) is 1. The normalized spacial score (nSPS) is 23.5. The van der Waals surface area contributed by atoms with E-state index in [2.05, 4.69) is 10.3 Å². The minimum Gasteiger partial charge on any atom is -0.352 e. The highest BCUT2D eigenvalue weighted by Crippen LogP contribution is 2.48. The molecule has 1 aromatic heterocycles. The minimum absolute atomic E-state index is 0.116. The number of rotatable bonds is 5. The third-order valence-corrected chi connectivity index (χ3v) is 6.72. The monoisotopic (exact) mass is 427 g/mol. The van der Waals surface area contributed by atoms with E-state index in [1.807, 2.05) is 7.05 Å². The van der Waals surface area contributed by atoms with Crippen LogP contribution in [0.5, 0.6) is 0 Å². The Kier molecular flexibility index (Phi) is 5.01. The van der Waals surface area contributed by atoms with E-state index >= 15 is 0 Å². The average molecular weight is 427 g/mol. The number of nitrogens with zero attached hydrogens (tertiary/aromatic N) is 1. The molecule has 31 heavy (non-hydrogen) atoms. The first-order valence-corrected chi connectivity index (χ1v) is 10.7. The molecule has 2 fully saturated rings. The van der Waals surface area contributed by atoms with Crippen molar-refractivity contribution >= 4 is 16.8 Å². The van der Waals surface area contributed by atoms with Gasteiger partial charge in [0.25, 0.3) is 0 Å². The molecule has 1 saturated carbocycles. The van der Waals surface area contributed by atoms with Gasteiger partial charge in [-0.15, -0.1) is 0 Å². The molecule has 1 atom stereocenters. The molecule has 1 aliphatic carbocycles. The summed E-state index contributed by atoms with van der Waals surface area (Å²) in [5.41, 5.74) is 2.61. The molecule has 1 saturated heterocycles. The molecule has 4 nitrogen and oxygen atoms in total. The van der Waals surface area contributed by atoms with E-state index in [1.165, 1.54) is 18.2 Å². The van der Waals surface area contributed by atoms with Crippen molar-refractivity contribution in [1.29, 1.82) is 0 Å². The molecule has 0 radical (unpaired) electrons. The van der Waals surface area contributed by atoms with Crippen LogP contribution in [0.15, 0.2) is 36.4 Å². The summed E-state index contributed by atoms with van der Waals surface area (Å²) in [7, 11) is 1.82. The SMILES string of the molecule is CN1CCC(NCC2CC(c3c(-c4ccc(F)cc4)[nH]c4c(F)cc(F)cc34)C2)C1=O. The van der Waals surface area contributed by atoms with Gasteiger partial charge >= 0.3 is 0 Å². The summed E-state index contributed by atoms with van der Waals surface area (Å²) in [6.07, 6.45) is 2.55. The van der Waals surface area contributed by atoms with Crippen LogP contribution in [0.4, 0.5) is 13.2 Å². The largest absolute Gasteiger partial charge is 0.352 e. The Morgan fingerprint density at radius 2 is 1.84 bits per heavy atom. The number of nitrogens with one attached hydrogen (secondary N) is 2. The maximum Gasteiger partial charge on any atom is 0.239 e. The number of amides is 1. The van der Waals surface area contributed by atoms with Crippen molar-refractivity contribution in [2.75, 3.05) is 20.1 Å². The van der Waals surface area contributed by atoms with Gasteiger partial charge in [-0.05, 0) is 79.1 Å². The topological polar surface area (TPSA) is 48.1 Å². The van der Waals surface area contributed by atoms with Crippen molar-refractivity contribution in [3.8, 4) is 11.3 Å². The highest BCUT2D eigenvalue weighted by atomic mass is 19.1. The fraction of sp³-hybridized carbons (Fsp3) is 0.375. The van der Waals surface area contributed by atoms with Gasteiger partial charge in [-0.25, -0.2) is 13.2 Å². The smallest absolute Gasteiger partial charge is 0.239 e. The molecule has 2 N–H and O–H groups in total. The fourth-order valence-electron chi connectivity index (χ4n) is 4.97. The lowest BCUT2D eigenvalue weighted by Gasteiger charge is -2.37. The second-order valence-electron chi connectivity index (χ2n) is 8.77. The first-order chi connectivity index (χ1) is 14.9. The standard InChI is InChI=1S/C24H24F3N3O/c1-30-7-6-20(24(30)31)28-12-13-8-15(9-13)21-18-10-17(26)11-19(27)23(18)29-22(21)14-2-4-16(25)5-3-14/h2-5,10-11,13,15,20,28-29H,6-9,12H2,1H3. The van der Waals surface area contributed by atoms with Crippen LogP contribution in [0.25, 0.3) is 22.2 Å². The van der Waals surface area contributed by atoms with Crippen LogP contribution >= 0.6 is 0 Å². The Balaban J connectivity index is 1.40. The molecule has 1 amide bonds. The quantitative estimate of drug-likeness (QED) is 0.627. The lowest BCUT2D eigenvalue weighted by atomic mass is 9.70. The van der Waals surface area contributed by atoms with E-state index in [-0.39, 0.29) is 29.2 Å². The lowest BCUT2D eigenvalue weighted by molar-refractivity contribution is -0.128. The van der Waals surface area contributed by atoms with Crippen molar-refractivity contribution in [2.24, 2.45) is 5.92 Å². The number of likely N-dealkylation sites (tertiary alicyclic amines) is 1. The van der Waals surface area contributed by atoms with E-state index in [0.717, 1.165) is 49.5 Å². The van der Waals surface area contributed by atoms with Crippen LogP contribution in [0.2, 0.25) is 0 Å². The predicted molar refractivity (Wildman–Crippen MR) is 113 cm³/mol. The van der Waals surface area contributed by atoms with Crippen LogP contribution in [-0.2, 0) is 4.79 Å². The summed E-state index contributed by atoms with van der Waals surface area (Å²) in [5.74, 6) is -0.919. The maximum atomic E-state index is 14.5. The van der Waals surface area contributed by atoms with Crippen molar-refractivity contribution < 1.29 is 18.0 Å². The Morgan fingerprint density at radius 1 is 1.10 bits per heavy atom. The molecule has 0 spiro atoms. The van der Waals surface area contributed by atoms with Gasteiger partial charge in [-0.2, -0.15) is 0 Å². The number of benzene rings is 2. The van der Waals surface area contributed by atoms with Crippen molar-refractivity contribution in [3.05, 3.63) is 59.4 Å². The molecule has 5 rings (SSSR count). The molecule has 2 heterocycles. The number of carbonyl (C=O) groups excluding carboxylic acids is 1. The molecule has 162 valence electrons. The van der Waals surface area contributed by atoms with Gasteiger partial charge in [0.2, 0.25) is 5.91 Å². The number of hydrogen-bond donors (Lipinski definition) is 2. The summed E-state index contributed by atoms with van der Waals surface area (Å²) in [5, 5.41) is 3.92. The zero-order valence-corrected chi connectivity index (χ0v) is 17.2. The van der Waals surface area contributed by atoms with E-state index in [1.54, 1.807) is 17.0 Å². The van der Waals surface area contributed by atoms with Crippen LogP contribution in [0.3, 0.4) is 0 Å². The first kappa shape index (κ1) is 20.1. The number of H-pyrrole nitrogens is 1. The summed E-state index contributed by atoms with van der Waals surface area (Å²) >= 11 is 0. The Bertz CT molecular complexity index is 1140. The summed E-state index contributed by atoms with van der Waals surface area (Å²) in [6, 6.07) is 8.16. The number of aromatic nitrogens is 1. The Hall–Kier alpha value is -2.80. The molecular formula is C24H24F3N3O. The van der Waals surface area contributed by atoms with Crippen LogP contribution in [-0.4, -0.2) is 42.0 Å². The van der Waals surface area contributed by atoms with E-state index in [9.17, 15) is 18.0 Å². The molecule has 1 unspecified atom stereocenters. The fourth-order valence-corrected chi connectivity index (χ4v) is 4.97. The van der Waals surface area contributed by atoms with Crippen molar-refractivity contribution in [2.45, 2.75) is 31.2 Å². The Labute approximate surface area is 178 Å². The molecule has 7 heteroatoms. The third-order valence-electron chi connectivity index (χ3n) is 6.72. The van der Waals surface area contributed by atoms with Gasteiger partial charge < -0.3 is 15.2 Å². The first-order valence-electron chi connectivity index (χ1n) is 10.7. The summed E-state index contributed by atoms with van der Waals surface area (Å²) in [6.45, 7) is 1.52. The molecular weight excluding hydrogens is 403 g/mol. The van der Waals surface area contributed by atoms with Gasteiger partial charge in [-0.1, -0.05) is 0 Å². The maximum absolute atomic E-state index is 14.5. The number of carbonyl (C=O) groups is 1. The van der Waals surface area contributed by atoms with Gasteiger partial charge in [0.15, 0.2) is 0 Å². The minimum atomic E-state index is -0.633. The third kappa shape index (κ3) is 3.61. The van der Waals surface area contributed by atoms with Crippen LogP contribution in [0, 0.1) is 23.4 Å². The lowest BCUT2D eigenvalue weighted by Crippen LogP contribution is -2.41. The van der Waals surface area contributed by atoms with E-state index < -0.39 is 11.6 Å². The molecule has 3 aromatic rings. The van der Waals surface area contributed by atoms with E-state index in [4.69, 9.17) is 0 Å². The summed E-state index contributed by atoms with van der Waals surface area (Å²) in [4.78, 5) is 16.9. The molecule has 0 bridgehead atoms. The zero-order valence-electron chi connectivity index (χ0n) is 17.2. The second-order valence-corrected chi connectivity index (χ2v) is 8.77. The molecule has 2 aliphatic rings. The van der Waals surface area contributed by atoms with Gasteiger partial charge in [0.05, 0.1) is 17.3 Å². The van der Waals surface area contributed by atoms with E-state index in [0.29, 0.717) is 17.0 Å². The van der Waals surface area contributed by atoms with Gasteiger partial charge in [0.1, 0.15) is 17.5 Å². The highest BCUT2D eigenvalue weighted by Gasteiger charge is 2.36. The van der Waals surface area contributed by atoms with Crippen molar-refractivity contribution in [3.63, 3.8) is 0 Å². The number of hydrogen-bond acceptors (Lipinski definition) is 2. The summed E-state index contributed by atoms with van der Waals surface area (Å²) < 4.78 is 41.9. The molecule has 1 aliphatic heterocycles. The van der Waals surface area contributed by atoms with Gasteiger partial charge in [0, 0.05) is 25.0 Å². The van der Waals surface area contributed by atoms with Crippen LogP contribution < -0.4 is 5.32 Å². The number of fused-ring (bicyclic) bond motifs is 1. The van der Waals surface area contributed by atoms with Crippen LogP contribution in [0.1, 0.15) is 30.7 Å². The van der Waals surface area contributed by atoms with Crippen molar-refractivity contribution in [1.82, 2.24) is 15.2 Å².